The first-order valence-electron chi connectivity index (χ1n) is 8.58. The highest BCUT2D eigenvalue weighted by Crippen LogP contribution is 2.19. The van der Waals surface area contributed by atoms with Crippen LogP contribution in [0.5, 0.6) is 0 Å². The number of hydrogen-bond acceptors (Lipinski definition) is 3. The van der Waals surface area contributed by atoms with Crippen molar-refractivity contribution in [3.63, 3.8) is 0 Å². The minimum atomic E-state index is -0.253. The van der Waals surface area contributed by atoms with Gasteiger partial charge in [0.05, 0.1) is 11.4 Å². The van der Waals surface area contributed by atoms with Crippen LogP contribution in [0.1, 0.15) is 40.7 Å². The number of aromatic nitrogens is 3. The van der Waals surface area contributed by atoms with Crippen molar-refractivity contribution in [2.45, 2.75) is 33.6 Å². The van der Waals surface area contributed by atoms with Gasteiger partial charge in [-0.1, -0.05) is 36.2 Å². The van der Waals surface area contributed by atoms with Crippen molar-refractivity contribution in [2.24, 2.45) is 0 Å². The first kappa shape index (κ1) is 18.1. The molecule has 0 bridgehead atoms. The maximum atomic E-state index is 12.8. The maximum absolute atomic E-state index is 12.8. The second-order valence-electron chi connectivity index (χ2n) is 6.28. The first-order chi connectivity index (χ1) is 12.5. The SMILES string of the molecule is CCCc1c(C(=O)Nc2ccc(C)c(C)c2)nnn1-c1ccc(Cl)cc1. The molecule has 2 aromatic carbocycles. The van der Waals surface area contributed by atoms with Crippen LogP contribution in [0.2, 0.25) is 5.02 Å². The van der Waals surface area contributed by atoms with Crippen LogP contribution in [0, 0.1) is 13.8 Å². The second-order valence-corrected chi connectivity index (χ2v) is 6.71. The van der Waals surface area contributed by atoms with Gasteiger partial charge in [-0.15, -0.1) is 5.10 Å². The van der Waals surface area contributed by atoms with Crippen LogP contribution < -0.4 is 5.32 Å². The van der Waals surface area contributed by atoms with E-state index in [1.165, 1.54) is 5.56 Å². The normalized spacial score (nSPS) is 10.8. The van der Waals surface area contributed by atoms with Gasteiger partial charge in [0.15, 0.2) is 5.69 Å². The van der Waals surface area contributed by atoms with E-state index in [1.807, 2.05) is 44.2 Å². The van der Waals surface area contributed by atoms with Crippen molar-refractivity contribution in [1.29, 1.82) is 0 Å². The number of hydrogen-bond donors (Lipinski definition) is 1. The summed E-state index contributed by atoms with van der Waals surface area (Å²) >= 11 is 5.96. The Labute approximate surface area is 158 Å². The molecule has 0 saturated heterocycles. The fraction of sp³-hybridized carbons (Fsp3) is 0.250. The number of carbonyl (C=O) groups is 1. The molecule has 0 unspecified atom stereocenters. The summed E-state index contributed by atoms with van der Waals surface area (Å²) in [5.74, 6) is -0.253. The van der Waals surface area contributed by atoms with Gasteiger partial charge in [0.25, 0.3) is 5.91 Å². The molecule has 26 heavy (non-hydrogen) atoms. The predicted octanol–water partition coefficient (Wildman–Crippen LogP) is 4.74. The lowest BCUT2D eigenvalue weighted by Crippen LogP contribution is -2.15. The number of benzene rings is 2. The van der Waals surface area contributed by atoms with Crippen molar-refractivity contribution in [2.75, 3.05) is 5.32 Å². The summed E-state index contributed by atoms with van der Waals surface area (Å²) in [5, 5.41) is 11.9. The van der Waals surface area contributed by atoms with Crippen LogP contribution in [-0.2, 0) is 6.42 Å². The summed E-state index contributed by atoms with van der Waals surface area (Å²) in [6, 6.07) is 13.1. The molecule has 0 fully saturated rings. The van der Waals surface area contributed by atoms with Gasteiger partial charge in [0.1, 0.15) is 0 Å². The molecule has 0 aliphatic carbocycles. The van der Waals surface area contributed by atoms with Crippen LogP contribution in [0.15, 0.2) is 42.5 Å². The summed E-state index contributed by atoms with van der Waals surface area (Å²) < 4.78 is 1.70. The van der Waals surface area contributed by atoms with Crippen molar-refractivity contribution < 1.29 is 4.79 Å². The van der Waals surface area contributed by atoms with E-state index >= 15 is 0 Å². The largest absolute Gasteiger partial charge is 0.321 e. The van der Waals surface area contributed by atoms with Gasteiger partial charge in [-0.2, -0.15) is 0 Å². The lowest BCUT2D eigenvalue weighted by molar-refractivity contribution is 0.102. The predicted molar refractivity (Wildman–Crippen MR) is 104 cm³/mol. The zero-order valence-corrected chi connectivity index (χ0v) is 15.8. The summed E-state index contributed by atoms with van der Waals surface area (Å²) in [4.78, 5) is 12.8. The molecule has 0 aliphatic rings. The fourth-order valence-corrected chi connectivity index (χ4v) is 2.86. The zero-order valence-electron chi connectivity index (χ0n) is 15.1. The Morgan fingerprint density at radius 1 is 1.12 bits per heavy atom. The van der Waals surface area contributed by atoms with Crippen molar-refractivity contribution >= 4 is 23.2 Å². The van der Waals surface area contributed by atoms with Gasteiger partial charge in [0.2, 0.25) is 0 Å². The number of halogens is 1. The van der Waals surface area contributed by atoms with E-state index < -0.39 is 0 Å². The summed E-state index contributed by atoms with van der Waals surface area (Å²) in [5.41, 5.74) is 5.03. The Bertz CT molecular complexity index is 931. The van der Waals surface area contributed by atoms with Gasteiger partial charge in [-0.05, 0) is 67.8 Å². The van der Waals surface area contributed by atoms with Crippen molar-refractivity contribution in [1.82, 2.24) is 15.0 Å². The van der Waals surface area contributed by atoms with Crippen LogP contribution in [0.3, 0.4) is 0 Å². The third-order valence-corrected chi connectivity index (χ3v) is 4.55. The van der Waals surface area contributed by atoms with E-state index in [0.29, 0.717) is 17.1 Å². The highest BCUT2D eigenvalue weighted by molar-refractivity contribution is 6.30. The van der Waals surface area contributed by atoms with Gasteiger partial charge in [-0.3, -0.25) is 4.79 Å². The van der Waals surface area contributed by atoms with Crippen molar-refractivity contribution in [3.05, 3.63) is 70.0 Å². The average Bonchev–Trinajstić information content (AvgIpc) is 3.03. The molecule has 134 valence electrons. The molecular weight excluding hydrogens is 348 g/mol. The lowest BCUT2D eigenvalue weighted by atomic mass is 10.1. The summed E-state index contributed by atoms with van der Waals surface area (Å²) in [6.07, 6.45) is 1.58. The summed E-state index contributed by atoms with van der Waals surface area (Å²) in [7, 11) is 0. The Hall–Kier alpha value is -2.66. The van der Waals surface area contributed by atoms with E-state index in [4.69, 9.17) is 11.6 Å². The minimum absolute atomic E-state index is 0.253. The van der Waals surface area contributed by atoms with E-state index in [2.05, 4.69) is 22.6 Å². The van der Waals surface area contributed by atoms with Gasteiger partial charge in [-0.25, -0.2) is 4.68 Å². The number of amides is 1. The van der Waals surface area contributed by atoms with Crippen LogP contribution in [0.25, 0.3) is 5.69 Å². The number of nitrogens with zero attached hydrogens (tertiary/aromatic N) is 3. The van der Waals surface area contributed by atoms with Gasteiger partial charge < -0.3 is 5.32 Å². The molecular formula is C20H21ClN4O. The zero-order chi connectivity index (χ0) is 18.7. The third-order valence-electron chi connectivity index (χ3n) is 4.30. The number of carbonyl (C=O) groups excluding carboxylic acids is 1. The Kier molecular flexibility index (Phi) is 5.38. The Morgan fingerprint density at radius 2 is 1.85 bits per heavy atom. The molecule has 0 atom stereocenters. The van der Waals surface area contributed by atoms with Crippen LogP contribution >= 0.6 is 11.6 Å². The van der Waals surface area contributed by atoms with Crippen LogP contribution in [0.4, 0.5) is 5.69 Å². The summed E-state index contributed by atoms with van der Waals surface area (Å²) in [6.45, 7) is 6.12. The quantitative estimate of drug-likeness (QED) is 0.707. The molecule has 1 heterocycles. The molecule has 0 aliphatic heterocycles. The molecule has 0 spiro atoms. The highest BCUT2D eigenvalue weighted by Gasteiger charge is 2.20. The molecule has 1 aromatic heterocycles. The molecule has 3 aromatic rings. The number of rotatable bonds is 5. The van der Waals surface area contributed by atoms with Crippen molar-refractivity contribution in [3.8, 4) is 5.69 Å². The maximum Gasteiger partial charge on any atom is 0.278 e. The fourth-order valence-electron chi connectivity index (χ4n) is 2.74. The average molecular weight is 369 g/mol. The highest BCUT2D eigenvalue weighted by atomic mass is 35.5. The van der Waals surface area contributed by atoms with E-state index in [-0.39, 0.29) is 5.91 Å². The monoisotopic (exact) mass is 368 g/mol. The molecule has 1 N–H and O–H groups in total. The van der Waals surface area contributed by atoms with E-state index in [0.717, 1.165) is 29.1 Å². The Morgan fingerprint density at radius 3 is 2.50 bits per heavy atom. The molecule has 0 radical (unpaired) electrons. The van der Waals surface area contributed by atoms with E-state index in [1.54, 1.807) is 16.8 Å². The lowest BCUT2D eigenvalue weighted by Gasteiger charge is -2.09. The van der Waals surface area contributed by atoms with Crippen LogP contribution in [-0.4, -0.2) is 20.9 Å². The number of aryl methyl sites for hydroxylation is 2. The van der Waals surface area contributed by atoms with E-state index in [9.17, 15) is 4.79 Å². The first-order valence-corrected chi connectivity index (χ1v) is 8.96. The standard InChI is InChI=1S/C20H21ClN4O/c1-4-5-18-19(20(26)22-16-9-6-13(2)14(3)12-16)23-24-25(18)17-10-7-15(21)8-11-17/h6-12H,4-5H2,1-3H3,(H,22,26). The number of nitrogens with one attached hydrogen (secondary N) is 1. The molecule has 0 saturated carbocycles. The molecule has 1 amide bonds. The second kappa shape index (κ2) is 7.70. The molecule has 6 heteroatoms. The Balaban J connectivity index is 1.92. The molecule has 5 nitrogen and oxygen atoms in total. The van der Waals surface area contributed by atoms with Gasteiger partial charge in [0, 0.05) is 10.7 Å². The smallest absolute Gasteiger partial charge is 0.278 e. The third kappa shape index (κ3) is 3.78. The van der Waals surface area contributed by atoms with Gasteiger partial charge >= 0.3 is 0 Å². The molecule has 3 rings (SSSR count). The minimum Gasteiger partial charge on any atom is -0.321 e. The number of anilines is 1. The topological polar surface area (TPSA) is 59.8 Å².